The predicted octanol–water partition coefficient (Wildman–Crippen LogP) is 2.64. The van der Waals surface area contributed by atoms with Gasteiger partial charge in [-0.3, -0.25) is 4.79 Å². The normalized spacial score (nSPS) is 24.2. The molecule has 1 saturated carbocycles. The highest BCUT2D eigenvalue weighted by Gasteiger charge is 2.40. The maximum atomic E-state index is 12.8. The summed E-state index contributed by atoms with van der Waals surface area (Å²) in [7, 11) is 0. The molecule has 1 fully saturated rings. The van der Waals surface area contributed by atoms with E-state index >= 15 is 0 Å². The van der Waals surface area contributed by atoms with Gasteiger partial charge in [0.25, 0.3) is 5.56 Å². The number of carboxylic acids is 1. The maximum Gasteiger partial charge on any atom is 0.332 e. The molecule has 3 aliphatic rings. The molecule has 0 aromatic carbocycles. The number of aliphatic carboxylic acids is 1. The van der Waals surface area contributed by atoms with E-state index in [9.17, 15) is 14.7 Å². The Morgan fingerprint density at radius 1 is 1.41 bits per heavy atom. The second-order valence-electron chi connectivity index (χ2n) is 6.14. The van der Waals surface area contributed by atoms with Crippen LogP contribution in [0, 0.1) is 6.92 Å². The Kier molecular flexibility index (Phi) is 3.00. The van der Waals surface area contributed by atoms with E-state index in [0.29, 0.717) is 23.1 Å². The third-order valence-electron chi connectivity index (χ3n) is 4.95. The average Bonchev–Trinajstić information content (AvgIpc) is 3.07. The summed E-state index contributed by atoms with van der Waals surface area (Å²) >= 11 is 1.32. The lowest BCUT2D eigenvalue weighted by molar-refractivity contribution is -0.139. The van der Waals surface area contributed by atoms with Gasteiger partial charge in [0.05, 0.1) is 5.69 Å². The minimum atomic E-state index is -1.06. The molecule has 0 saturated heterocycles. The van der Waals surface area contributed by atoms with E-state index in [4.69, 9.17) is 4.52 Å². The molecule has 2 aromatic heterocycles. The van der Waals surface area contributed by atoms with Gasteiger partial charge < -0.3 is 9.63 Å². The Hall–Kier alpha value is -1.89. The fraction of sp³-hybridized carbons (Fsp3) is 0.533. The molecule has 116 valence electrons. The van der Waals surface area contributed by atoms with Crippen LogP contribution in [0.15, 0.2) is 15.6 Å². The van der Waals surface area contributed by atoms with E-state index in [1.807, 2.05) is 0 Å². The van der Waals surface area contributed by atoms with Crippen molar-refractivity contribution in [2.24, 2.45) is 0 Å². The molecule has 1 unspecified atom stereocenters. The molecule has 2 bridgehead atoms. The van der Waals surface area contributed by atoms with Gasteiger partial charge in [-0.25, -0.2) is 8.75 Å². The fourth-order valence-corrected chi connectivity index (χ4v) is 5.27. The smallest absolute Gasteiger partial charge is 0.332 e. The Labute approximate surface area is 130 Å². The van der Waals surface area contributed by atoms with Crippen LogP contribution in [0.3, 0.4) is 0 Å². The number of hydrogen-bond acceptors (Lipinski definition) is 5. The summed E-state index contributed by atoms with van der Waals surface area (Å²) in [6.45, 7) is 1.69. The van der Waals surface area contributed by atoms with Crippen LogP contribution in [-0.4, -0.2) is 20.2 Å². The third-order valence-corrected chi connectivity index (χ3v) is 6.27. The first-order valence-corrected chi connectivity index (χ1v) is 8.24. The molecule has 2 aromatic rings. The molecule has 5 rings (SSSR count). The number of rotatable bonds is 3. The first kappa shape index (κ1) is 13.8. The summed E-state index contributed by atoms with van der Waals surface area (Å²) in [5.41, 5.74) is 1.68. The molecule has 7 heteroatoms. The van der Waals surface area contributed by atoms with E-state index in [-0.39, 0.29) is 5.56 Å². The zero-order valence-electron chi connectivity index (χ0n) is 12.1. The number of hydrogen-bond donors (Lipinski definition) is 1. The van der Waals surface area contributed by atoms with Crippen LogP contribution in [0.4, 0.5) is 0 Å². The molecule has 6 nitrogen and oxygen atoms in total. The monoisotopic (exact) mass is 320 g/mol. The Bertz CT molecular complexity index is 795. The van der Waals surface area contributed by atoms with Gasteiger partial charge in [0, 0.05) is 16.0 Å². The van der Waals surface area contributed by atoms with Gasteiger partial charge in [-0.05, 0) is 44.4 Å². The molecule has 3 aliphatic carbocycles. The van der Waals surface area contributed by atoms with Crippen molar-refractivity contribution in [1.82, 2.24) is 9.11 Å². The van der Waals surface area contributed by atoms with E-state index in [1.54, 1.807) is 6.92 Å². The molecule has 0 amide bonds. The number of aryl methyl sites for hydroxylation is 1. The van der Waals surface area contributed by atoms with Crippen molar-refractivity contribution >= 4 is 17.5 Å². The molecule has 0 aliphatic heterocycles. The molecule has 22 heavy (non-hydrogen) atoms. The van der Waals surface area contributed by atoms with Crippen molar-refractivity contribution in [3.05, 3.63) is 38.3 Å². The molecule has 0 radical (unpaired) electrons. The SMILES string of the molecule is Cc1nocc1C(C(=O)O)n1sc2c(c1=O)C1CCC2CC1. The number of carbonyl (C=O) groups is 1. The van der Waals surface area contributed by atoms with Gasteiger partial charge in [0.15, 0.2) is 6.04 Å². The highest BCUT2D eigenvalue weighted by atomic mass is 32.1. The summed E-state index contributed by atoms with van der Waals surface area (Å²) in [5.74, 6) is -0.320. The fourth-order valence-electron chi connectivity index (χ4n) is 3.83. The lowest BCUT2D eigenvalue weighted by atomic mass is 9.71. The molecular weight excluding hydrogens is 304 g/mol. The number of aromatic nitrogens is 2. The zero-order chi connectivity index (χ0) is 15.4. The van der Waals surface area contributed by atoms with Crippen molar-refractivity contribution in [3.8, 4) is 0 Å². The van der Waals surface area contributed by atoms with Gasteiger partial charge in [0.1, 0.15) is 6.26 Å². The van der Waals surface area contributed by atoms with Gasteiger partial charge in [0.2, 0.25) is 0 Å². The minimum Gasteiger partial charge on any atom is -0.479 e. The van der Waals surface area contributed by atoms with Crippen LogP contribution < -0.4 is 5.56 Å². The topological polar surface area (TPSA) is 85.3 Å². The van der Waals surface area contributed by atoms with Crippen LogP contribution in [0.5, 0.6) is 0 Å². The zero-order valence-corrected chi connectivity index (χ0v) is 12.9. The molecule has 1 N–H and O–H groups in total. The first-order chi connectivity index (χ1) is 10.6. The number of nitrogens with zero attached hydrogens (tertiary/aromatic N) is 2. The molecule has 1 atom stereocenters. The predicted molar refractivity (Wildman–Crippen MR) is 79.5 cm³/mol. The third kappa shape index (κ3) is 1.81. The quantitative estimate of drug-likeness (QED) is 0.939. The average molecular weight is 320 g/mol. The summed E-state index contributed by atoms with van der Waals surface area (Å²) in [6.07, 6.45) is 5.65. The van der Waals surface area contributed by atoms with Crippen LogP contribution in [0.2, 0.25) is 0 Å². The number of fused-ring (bicyclic) bond motifs is 2. The summed E-state index contributed by atoms with van der Waals surface area (Å²) in [6, 6.07) is -1.05. The Morgan fingerprint density at radius 3 is 2.64 bits per heavy atom. The largest absolute Gasteiger partial charge is 0.479 e. The van der Waals surface area contributed by atoms with Gasteiger partial charge in [-0.2, -0.15) is 0 Å². The molecule has 2 heterocycles. The minimum absolute atomic E-state index is 0.137. The summed E-state index contributed by atoms with van der Waals surface area (Å²) < 4.78 is 6.28. The Morgan fingerprint density at radius 2 is 2.09 bits per heavy atom. The number of carboxylic acid groups (broad SMARTS) is 1. The highest BCUT2D eigenvalue weighted by molar-refractivity contribution is 7.06. The van der Waals surface area contributed by atoms with Crippen LogP contribution >= 0.6 is 11.5 Å². The van der Waals surface area contributed by atoms with Gasteiger partial charge in [-0.15, -0.1) is 0 Å². The van der Waals surface area contributed by atoms with E-state index in [2.05, 4.69) is 5.16 Å². The van der Waals surface area contributed by atoms with Crippen molar-refractivity contribution in [2.45, 2.75) is 50.5 Å². The lowest BCUT2D eigenvalue weighted by Gasteiger charge is -2.34. The van der Waals surface area contributed by atoms with Crippen LogP contribution in [0.1, 0.15) is 65.3 Å². The standard InChI is InChI=1S/C15H16N2O4S/c1-7-10(6-21-16-7)12(15(19)20)17-14(18)11-8-2-4-9(5-3-8)13(11)22-17/h6,8-9,12H,2-5H2,1H3,(H,19,20). The van der Waals surface area contributed by atoms with E-state index in [1.165, 1.54) is 21.8 Å². The summed E-state index contributed by atoms with van der Waals surface area (Å²) in [4.78, 5) is 25.7. The van der Waals surface area contributed by atoms with E-state index in [0.717, 1.165) is 36.1 Å². The van der Waals surface area contributed by atoms with Crippen molar-refractivity contribution in [3.63, 3.8) is 0 Å². The highest BCUT2D eigenvalue weighted by Crippen LogP contribution is 2.50. The second kappa shape index (κ2) is 4.81. The van der Waals surface area contributed by atoms with Crippen LogP contribution in [-0.2, 0) is 4.79 Å². The Balaban J connectivity index is 1.89. The lowest BCUT2D eigenvalue weighted by Crippen LogP contribution is -2.30. The van der Waals surface area contributed by atoms with Gasteiger partial charge in [-0.1, -0.05) is 16.7 Å². The van der Waals surface area contributed by atoms with Crippen molar-refractivity contribution in [2.75, 3.05) is 0 Å². The first-order valence-electron chi connectivity index (χ1n) is 7.47. The maximum absolute atomic E-state index is 12.8. The molecule has 0 spiro atoms. The van der Waals surface area contributed by atoms with E-state index < -0.39 is 12.0 Å². The van der Waals surface area contributed by atoms with Crippen molar-refractivity contribution in [1.29, 1.82) is 0 Å². The second-order valence-corrected chi connectivity index (χ2v) is 7.16. The summed E-state index contributed by atoms with van der Waals surface area (Å²) in [5, 5.41) is 13.4. The van der Waals surface area contributed by atoms with Crippen LogP contribution in [0.25, 0.3) is 0 Å². The van der Waals surface area contributed by atoms with Gasteiger partial charge >= 0.3 is 5.97 Å². The molecular formula is C15H16N2O4S. The van der Waals surface area contributed by atoms with Crippen molar-refractivity contribution < 1.29 is 14.4 Å².